The molecule has 0 unspecified atom stereocenters. The summed E-state index contributed by atoms with van der Waals surface area (Å²) in [6.07, 6.45) is 8.82. The smallest absolute Gasteiger partial charge is 0.259 e. The third-order valence-corrected chi connectivity index (χ3v) is 12.6. The molecular formula is C39H41FN4O8S. The summed E-state index contributed by atoms with van der Waals surface area (Å²) in [5, 5.41) is 2.47. The van der Waals surface area contributed by atoms with Crippen LogP contribution in [0.3, 0.4) is 0 Å². The van der Waals surface area contributed by atoms with Crippen molar-refractivity contribution in [2.24, 2.45) is 5.92 Å². The molecule has 2 aromatic carbocycles. The highest BCUT2D eigenvalue weighted by atomic mass is 32.2. The Morgan fingerprint density at radius 3 is 2.70 bits per heavy atom. The standard InChI is InChI=1S/C39H41FN4O8S/c1-50-30-14-9-8-12-26(30)28-20-32(36-35(41-28)34-27(40)13-10-15-31(34)52-36)51-24-19-29-37(46)42-39(38(47)43-53(48,49)25-17-18-25)21-23(39)11-6-4-2-3-5-7-16-33(45)44(29)22-24/h6,8-15,20,23-25,29H,2-5,7,16-19,21-22H2,1H3,(H,42,46)(H,43,47)/b11-6-/t23-,24-,29+,39-/m1/s1. The van der Waals surface area contributed by atoms with Gasteiger partial charge in [-0.05, 0) is 62.8 Å². The van der Waals surface area contributed by atoms with Crippen LogP contribution in [0.25, 0.3) is 33.3 Å². The molecule has 4 heterocycles. The number of amides is 3. The predicted molar refractivity (Wildman–Crippen MR) is 194 cm³/mol. The number of fused-ring (bicyclic) bond motifs is 5. The number of sulfonamides is 1. The zero-order valence-corrected chi connectivity index (χ0v) is 30.1. The van der Waals surface area contributed by atoms with Crippen molar-refractivity contribution in [1.82, 2.24) is 19.9 Å². The molecule has 4 atom stereocenters. The summed E-state index contributed by atoms with van der Waals surface area (Å²) in [7, 11) is -2.32. The Bertz CT molecular complexity index is 2250. The maximum atomic E-state index is 15.3. The molecule has 1 saturated heterocycles. The maximum absolute atomic E-state index is 15.3. The Labute approximate surface area is 306 Å². The van der Waals surface area contributed by atoms with Crippen LogP contribution in [0.4, 0.5) is 4.39 Å². The number of pyridine rings is 1. The number of ether oxygens (including phenoxy) is 2. The van der Waals surface area contributed by atoms with Gasteiger partial charge in [0.15, 0.2) is 11.3 Å². The lowest BCUT2D eigenvalue weighted by atomic mass is 10.1. The van der Waals surface area contributed by atoms with E-state index in [1.807, 2.05) is 30.4 Å². The van der Waals surface area contributed by atoms with Crippen LogP contribution in [-0.2, 0) is 24.4 Å². The molecule has 3 amide bonds. The third kappa shape index (κ3) is 6.73. The molecule has 0 radical (unpaired) electrons. The van der Waals surface area contributed by atoms with E-state index in [1.54, 1.807) is 31.4 Å². The summed E-state index contributed by atoms with van der Waals surface area (Å²) in [4.78, 5) is 47.9. The van der Waals surface area contributed by atoms with Crippen LogP contribution in [-0.4, -0.2) is 72.6 Å². The molecule has 2 aliphatic carbocycles. The van der Waals surface area contributed by atoms with Gasteiger partial charge in [0, 0.05) is 30.4 Å². The quantitative estimate of drug-likeness (QED) is 0.232. The number of hydrogen-bond donors (Lipinski definition) is 2. The highest BCUT2D eigenvalue weighted by molar-refractivity contribution is 7.91. The summed E-state index contributed by atoms with van der Waals surface area (Å²) in [5.74, 6) is -1.65. The van der Waals surface area contributed by atoms with Crippen molar-refractivity contribution in [3.63, 3.8) is 0 Å². The Morgan fingerprint density at radius 2 is 1.89 bits per heavy atom. The van der Waals surface area contributed by atoms with Gasteiger partial charge in [-0.2, -0.15) is 0 Å². The number of rotatable bonds is 7. The van der Waals surface area contributed by atoms with Crippen LogP contribution >= 0.6 is 0 Å². The fourth-order valence-corrected chi connectivity index (χ4v) is 9.00. The van der Waals surface area contributed by atoms with E-state index in [9.17, 15) is 22.8 Å². The average molecular weight is 745 g/mol. The predicted octanol–water partition coefficient (Wildman–Crippen LogP) is 5.54. The summed E-state index contributed by atoms with van der Waals surface area (Å²) >= 11 is 0. The molecule has 0 bridgehead atoms. The fourth-order valence-electron chi connectivity index (χ4n) is 7.64. The van der Waals surface area contributed by atoms with Gasteiger partial charge in [-0.15, -0.1) is 0 Å². The zero-order chi connectivity index (χ0) is 36.9. The fraction of sp³-hybridized carbons (Fsp3) is 0.436. The van der Waals surface area contributed by atoms with Gasteiger partial charge >= 0.3 is 0 Å². The number of para-hydroxylation sites is 1. The molecule has 0 spiro atoms. The Morgan fingerprint density at radius 1 is 1.08 bits per heavy atom. The molecule has 2 N–H and O–H groups in total. The number of methoxy groups -OCH3 is 1. The van der Waals surface area contributed by atoms with Crippen molar-refractivity contribution in [2.45, 2.75) is 87.1 Å². The summed E-state index contributed by atoms with van der Waals surface area (Å²) in [6, 6.07) is 12.5. The number of furan rings is 1. The van der Waals surface area contributed by atoms with Gasteiger partial charge < -0.3 is 24.1 Å². The van der Waals surface area contributed by atoms with Gasteiger partial charge in [-0.1, -0.05) is 43.2 Å². The lowest BCUT2D eigenvalue weighted by molar-refractivity contribution is -0.139. The summed E-state index contributed by atoms with van der Waals surface area (Å²) in [5.41, 5.74) is 0.372. The molecule has 3 fully saturated rings. The van der Waals surface area contributed by atoms with Crippen molar-refractivity contribution in [2.75, 3.05) is 13.7 Å². The molecule has 278 valence electrons. The zero-order valence-electron chi connectivity index (χ0n) is 29.3. The third-order valence-electron chi connectivity index (χ3n) is 10.8. The summed E-state index contributed by atoms with van der Waals surface area (Å²) in [6.45, 7) is 0.0674. The van der Waals surface area contributed by atoms with Gasteiger partial charge in [0.2, 0.25) is 21.8 Å². The molecule has 12 nitrogen and oxygen atoms in total. The second-order valence-electron chi connectivity index (χ2n) is 14.5. The van der Waals surface area contributed by atoms with Gasteiger partial charge in [0.05, 0.1) is 30.0 Å². The van der Waals surface area contributed by atoms with Gasteiger partial charge in [-0.25, -0.2) is 17.8 Å². The van der Waals surface area contributed by atoms with Crippen LogP contribution in [0.15, 0.2) is 65.1 Å². The molecule has 8 rings (SSSR count). The number of nitrogens with zero attached hydrogens (tertiary/aromatic N) is 2. The van der Waals surface area contributed by atoms with Gasteiger partial charge in [0.1, 0.15) is 40.4 Å². The number of carbonyl (C=O) groups is 3. The number of benzene rings is 2. The van der Waals surface area contributed by atoms with Crippen molar-refractivity contribution in [1.29, 1.82) is 0 Å². The first-order chi connectivity index (χ1) is 25.6. The minimum atomic E-state index is -3.86. The number of nitrogens with one attached hydrogen (secondary N) is 2. The normalized spacial score (nSPS) is 25.8. The number of allylic oxidation sites excluding steroid dienone is 1. The van der Waals surface area contributed by atoms with Gasteiger partial charge in [0.25, 0.3) is 5.91 Å². The van der Waals surface area contributed by atoms with Crippen LogP contribution in [0, 0.1) is 11.7 Å². The van der Waals surface area contributed by atoms with E-state index in [1.165, 1.54) is 11.0 Å². The number of halogens is 1. The molecule has 14 heteroatoms. The number of hydrogen-bond acceptors (Lipinski definition) is 9. The Kier molecular flexibility index (Phi) is 9.12. The largest absolute Gasteiger partial charge is 0.496 e. The lowest BCUT2D eigenvalue weighted by Crippen LogP contribution is -2.56. The van der Waals surface area contributed by atoms with E-state index in [0.717, 1.165) is 25.7 Å². The van der Waals surface area contributed by atoms with Crippen molar-refractivity contribution in [3.8, 4) is 22.8 Å². The second kappa shape index (κ2) is 13.8. The van der Waals surface area contributed by atoms with Crippen LogP contribution in [0.5, 0.6) is 11.5 Å². The Hall–Kier alpha value is -4.98. The highest BCUT2D eigenvalue weighted by Crippen LogP contribution is 2.46. The number of aromatic nitrogens is 1. The topological polar surface area (TPSA) is 157 Å². The van der Waals surface area contributed by atoms with Crippen molar-refractivity contribution in [3.05, 3.63) is 66.5 Å². The van der Waals surface area contributed by atoms with E-state index in [2.05, 4.69) is 10.0 Å². The van der Waals surface area contributed by atoms with E-state index >= 15 is 4.39 Å². The maximum Gasteiger partial charge on any atom is 0.259 e. The van der Waals surface area contributed by atoms with E-state index < -0.39 is 56.5 Å². The SMILES string of the molecule is COc1ccccc1-c1cc(O[C@@H]2C[C@H]3C(=O)N[C@]4(C(=O)NS(=O)(=O)C5CC5)C[C@H]4/C=C\CCCCCCC(=O)N3C2)c2oc3cccc(F)c3c2n1. The molecule has 4 aromatic rings. The molecule has 4 aliphatic rings. The molecule has 2 aromatic heterocycles. The van der Waals surface area contributed by atoms with Crippen LogP contribution < -0.4 is 19.5 Å². The molecular weight excluding hydrogens is 704 g/mol. The monoisotopic (exact) mass is 744 g/mol. The Balaban J connectivity index is 1.13. The minimum Gasteiger partial charge on any atom is -0.496 e. The molecule has 2 aliphatic heterocycles. The first-order valence-electron chi connectivity index (χ1n) is 18.2. The lowest BCUT2D eigenvalue weighted by Gasteiger charge is -2.26. The van der Waals surface area contributed by atoms with E-state index in [4.69, 9.17) is 18.9 Å². The molecule has 53 heavy (non-hydrogen) atoms. The summed E-state index contributed by atoms with van der Waals surface area (Å²) < 4.78 is 61.4. The van der Waals surface area contributed by atoms with Crippen LogP contribution in [0.1, 0.15) is 64.2 Å². The van der Waals surface area contributed by atoms with Crippen molar-refractivity contribution < 1.29 is 41.1 Å². The van der Waals surface area contributed by atoms with E-state index in [-0.39, 0.29) is 59.5 Å². The van der Waals surface area contributed by atoms with Crippen molar-refractivity contribution >= 4 is 49.8 Å². The van der Waals surface area contributed by atoms with E-state index in [0.29, 0.717) is 36.3 Å². The van der Waals surface area contributed by atoms with Gasteiger partial charge in [-0.3, -0.25) is 19.1 Å². The average Bonchev–Trinajstić information content (AvgIpc) is 4.04. The number of carbonyl (C=O) groups excluding carboxylic acids is 3. The highest BCUT2D eigenvalue weighted by Gasteiger charge is 2.62. The first-order valence-corrected chi connectivity index (χ1v) is 19.8. The molecule has 2 saturated carbocycles. The van der Waals surface area contributed by atoms with Crippen LogP contribution in [0.2, 0.25) is 0 Å². The second-order valence-corrected chi connectivity index (χ2v) is 16.4. The first kappa shape index (κ1) is 35.1. The minimum absolute atomic E-state index is 0.0674.